The number of hydrogen-bond donors (Lipinski definition) is 1. The number of anilines is 1. The molecule has 1 aromatic carbocycles. The molecule has 8 heteroatoms. The van der Waals surface area contributed by atoms with Crippen LogP contribution in [0.3, 0.4) is 0 Å². The Morgan fingerprint density at radius 1 is 1.42 bits per heavy atom. The molecule has 0 saturated heterocycles. The Kier molecular flexibility index (Phi) is 3.82. The lowest BCUT2D eigenvalue weighted by atomic mass is 10.1. The van der Waals surface area contributed by atoms with Gasteiger partial charge in [-0.05, 0) is 37.5 Å². The molecule has 2 heterocycles. The summed E-state index contributed by atoms with van der Waals surface area (Å²) < 4.78 is 1.82. The number of rotatable bonds is 4. The number of halogens is 1. The molecule has 0 atom stereocenters. The van der Waals surface area contributed by atoms with Crippen LogP contribution in [0.2, 0.25) is 5.02 Å². The summed E-state index contributed by atoms with van der Waals surface area (Å²) in [6.45, 7) is 1.96. The zero-order valence-electron chi connectivity index (χ0n) is 12.9. The van der Waals surface area contributed by atoms with Crippen LogP contribution in [0, 0.1) is 6.92 Å². The number of hydrogen-bond acceptors (Lipinski definition) is 5. The van der Waals surface area contributed by atoms with Crippen molar-refractivity contribution in [3.63, 3.8) is 0 Å². The number of aromatic nitrogens is 4. The van der Waals surface area contributed by atoms with Crippen LogP contribution in [0.4, 0.5) is 5.13 Å². The lowest BCUT2D eigenvalue weighted by molar-refractivity contribution is 0.102. The van der Waals surface area contributed by atoms with E-state index in [2.05, 4.69) is 20.6 Å². The molecule has 0 spiro atoms. The van der Waals surface area contributed by atoms with E-state index in [0.29, 0.717) is 21.6 Å². The summed E-state index contributed by atoms with van der Waals surface area (Å²) in [5, 5.41) is 15.9. The van der Waals surface area contributed by atoms with Crippen molar-refractivity contribution in [3.8, 4) is 5.69 Å². The Hall–Kier alpha value is -2.25. The van der Waals surface area contributed by atoms with Crippen LogP contribution in [-0.2, 0) is 0 Å². The van der Waals surface area contributed by atoms with Crippen LogP contribution in [0.25, 0.3) is 5.69 Å². The zero-order chi connectivity index (χ0) is 16.7. The highest BCUT2D eigenvalue weighted by Crippen LogP contribution is 2.42. The standard InChI is InChI=1S/C16H14ClN5OS/c1-9-2-5-11(6-13(9)17)22-14(10-3-4-10)12(7-19-22)15(23)20-16-21-18-8-24-16/h2,5-8,10H,3-4H2,1H3,(H,20,21,23). The quantitative estimate of drug-likeness (QED) is 0.768. The van der Waals surface area contributed by atoms with Crippen molar-refractivity contribution < 1.29 is 4.79 Å². The molecule has 0 aliphatic heterocycles. The zero-order valence-corrected chi connectivity index (χ0v) is 14.4. The molecule has 6 nitrogen and oxygen atoms in total. The van der Waals surface area contributed by atoms with Gasteiger partial charge >= 0.3 is 0 Å². The topological polar surface area (TPSA) is 72.7 Å². The van der Waals surface area contributed by atoms with Gasteiger partial charge in [0, 0.05) is 10.9 Å². The highest BCUT2D eigenvalue weighted by molar-refractivity contribution is 7.13. The van der Waals surface area contributed by atoms with E-state index in [4.69, 9.17) is 11.6 Å². The summed E-state index contributed by atoms with van der Waals surface area (Å²) >= 11 is 7.52. The third kappa shape index (κ3) is 2.81. The molecular weight excluding hydrogens is 346 g/mol. The van der Waals surface area contributed by atoms with Crippen molar-refractivity contribution in [2.75, 3.05) is 5.32 Å². The molecule has 0 unspecified atom stereocenters. The fraction of sp³-hybridized carbons (Fsp3) is 0.250. The fourth-order valence-electron chi connectivity index (χ4n) is 2.59. The average molecular weight is 360 g/mol. The maximum Gasteiger partial charge on any atom is 0.260 e. The molecule has 0 bridgehead atoms. The van der Waals surface area contributed by atoms with E-state index in [9.17, 15) is 4.79 Å². The first-order valence-corrected chi connectivity index (χ1v) is 8.81. The van der Waals surface area contributed by atoms with E-state index in [1.807, 2.05) is 29.8 Å². The number of nitrogens with one attached hydrogen (secondary N) is 1. The molecule has 24 heavy (non-hydrogen) atoms. The molecule has 4 rings (SSSR count). The summed E-state index contributed by atoms with van der Waals surface area (Å²) in [5.41, 5.74) is 4.95. The van der Waals surface area contributed by atoms with E-state index >= 15 is 0 Å². The number of carbonyl (C=O) groups excluding carboxylic acids is 1. The van der Waals surface area contributed by atoms with Crippen LogP contribution in [0.1, 0.15) is 40.4 Å². The first-order chi connectivity index (χ1) is 11.6. The van der Waals surface area contributed by atoms with Gasteiger partial charge in [0.05, 0.1) is 23.1 Å². The predicted octanol–water partition coefficient (Wildman–Crippen LogP) is 3.82. The minimum atomic E-state index is -0.210. The fourth-order valence-corrected chi connectivity index (χ4v) is 3.21. The summed E-state index contributed by atoms with van der Waals surface area (Å²) in [4.78, 5) is 12.6. The van der Waals surface area contributed by atoms with Gasteiger partial charge in [0.2, 0.25) is 5.13 Å². The lowest BCUT2D eigenvalue weighted by Crippen LogP contribution is -2.14. The molecule has 1 amide bonds. The van der Waals surface area contributed by atoms with Crippen LogP contribution in [-0.4, -0.2) is 25.9 Å². The SMILES string of the molecule is Cc1ccc(-n2ncc(C(=O)Nc3nncs3)c2C2CC2)cc1Cl. The second kappa shape index (κ2) is 5.99. The maximum atomic E-state index is 12.6. The van der Waals surface area contributed by atoms with Crippen molar-refractivity contribution in [1.82, 2.24) is 20.0 Å². The molecule has 1 fully saturated rings. The molecule has 3 aromatic rings. The third-order valence-electron chi connectivity index (χ3n) is 4.00. The molecule has 2 aromatic heterocycles. The number of benzene rings is 1. The predicted molar refractivity (Wildman–Crippen MR) is 93.1 cm³/mol. The Morgan fingerprint density at radius 3 is 2.92 bits per heavy atom. The van der Waals surface area contributed by atoms with Gasteiger partial charge in [-0.2, -0.15) is 5.10 Å². The largest absolute Gasteiger partial charge is 0.296 e. The van der Waals surface area contributed by atoms with Gasteiger partial charge in [-0.15, -0.1) is 10.2 Å². The van der Waals surface area contributed by atoms with E-state index in [0.717, 1.165) is 29.8 Å². The molecular formula is C16H14ClN5OS. The monoisotopic (exact) mass is 359 g/mol. The summed E-state index contributed by atoms with van der Waals surface area (Å²) in [7, 11) is 0. The highest BCUT2D eigenvalue weighted by atomic mass is 35.5. The van der Waals surface area contributed by atoms with Gasteiger partial charge in [0.25, 0.3) is 5.91 Å². The van der Waals surface area contributed by atoms with E-state index in [-0.39, 0.29) is 5.91 Å². The van der Waals surface area contributed by atoms with Crippen molar-refractivity contribution in [2.45, 2.75) is 25.7 Å². The normalized spacial score (nSPS) is 13.9. The molecule has 1 N–H and O–H groups in total. The Bertz CT molecular complexity index is 901. The average Bonchev–Trinajstić information content (AvgIpc) is 3.09. The lowest BCUT2D eigenvalue weighted by Gasteiger charge is -2.10. The number of nitrogens with zero attached hydrogens (tertiary/aromatic N) is 4. The van der Waals surface area contributed by atoms with Crippen molar-refractivity contribution >= 4 is 34.0 Å². The first-order valence-electron chi connectivity index (χ1n) is 7.55. The van der Waals surface area contributed by atoms with Crippen LogP contribution in [0.15, 0.2) is 29.9 Å². The number of aryl methyl sites for hydroxylation is 1. The molecule has 122 valence electrons. The number of amides is 1. The second-order valence-electron chi connectivity index (χ2n) is 5.76. The summed E-state index contributed by atoms with van der Waals surface area (Å²) in [5.74, 6) is 0.140. The highest BCUT2D eigenvalue weighted by Gasteiger charge is 2.33. The van der Waals surface area contributed by atoms with Crippen LogP contribution in [0.5, 0.6) is 0 Å². The summed E-state index contributed by atoms with van der Waals surface area (Å²) in [6.07, 6.45) is 3.73. The van der Waals surface area contributed by atoms with Gasteiger partial charge in [-0.1, -0.05) is 29.0 Å². The summed E-state index contributed by atoms with van der Waals surface area (Å²) in [6, 6.07) is 5.80. The van der Waals surface area contributed by atoms with Crippen molar-refractivity contribution in [1.29, 1.82) is 0 Å². The van der Waals surface area contributed by atoms with Gasteiger partial charge in [-0.3, -0.25) is 10.1 Å². The third-order valence-corrected chi connectivity index (χ3v) is 5.01. The first kappa shape index (κ1) is 15.3. The van der Waals surface area contributed by atoms with Crippen molar-refractivity contribution in [2.24, 2.45) is 0 Å². The molecule has 1 saturated carbocycles. The second-order valence-corrected chi connectivity index (χ2v) is 7.00. The molecule has 1 aliphatic carbocycles. The Morgan fingerprint density at radius 2 is 2.25 bits per heavy atom. The Balaban J connectivity index is 1.72. The minimum absolute atomic E-state index is 0.210. The smallest absolute Gasteiger partial charge is 0.260 e. The molecule has 1 aliphatic rings. The van der Waals surface area contributed by atoms with Gasteiger partial charge < -0.3 is 0 Å². The van der Waals surface area contributed by atoms with Gasteiger partial charge in [-0.25, -0.2) is 4.68 Å². The molecule has 0 radical (unpaired) electrons. The Labute approximate surface area is 147 Å². The van der Waals surface area contributed by atoms with E-state index in [1.165, 1.54) is 11.3 Å². The van der Waals surface area contributed by atoms with Gasteiger partial charge in [0.1, 0.15) is 5.51 Å². The van der Waals surface area contributed by atoms with Crippen LogP contribution < -0.4 is 5.32 Å². The van der Waals surface area contributed by atoms with E-state index in [1.54, 1.807) is 11.7 Å². The minimum Gasteiger partial charge on any atom is -0.296 e. The van der Waals surface area contributed by atoms with E-state index < -0.39 is 0 Å². The van der Waals surface area contributed by atoms with Crippen LogP contribution >= 0.6 is 22.9 Å². The van der Waals surface area contributed by atoms with Gasteiger partial charge in [0.15, 0.2) is 0 Å². The maximum absolute atomic E-state index is 12.6. The number of carbonyl (C=O) groups is 1. The van der Waals surface area contributed by atoms with Crippen molar-refractivity contribution in [3.05, 3.63) is 51.7 Å².